The number of aryl methyl sites for hydroxylation is 1. The van der Waals surface area contributed by atoms with Gasteiger partial charge in [0, 0.05) is 18.1 Å². The third kappa shape index (κ3) is 2.21. The van der Waals surface area contributed by atoms with E-state index >= 15 is 0 Å². The van der Waals surface area contributed by atoms with Crippen molar-refractivity contribution in [3.05, 3.63) is 34.9 Å². The Morgan fingerprint density at radius 2 is 1.79 bits per heavy atom. The Balaban J connectivity index is 1.81. The highest BCUT2D eigenvalue weighted by Crippen LogP contribution is 2.42. The highest BCUT2D eigenvalue weighted by atomic mass is 15.2. The second-order valence-corrected chi connectivity index (χ2v) is 6.60. The van der Waals surface area contributed by atoms with Crippen LogP contribution in [0.3, 0.4) is 0 Å². The summed E-state index contributed by atoms with van der Waals surface area (Å²) in [5.74, 6) is 0.661. The summed E-state index contributed by atoms with van der Waals surface area (Å²) in [4.78, 5) is 2.59. The third-order valence-corrected chi connectivity index (χ3v) is 5.65. The van der Waals surface area contributed by atoms with Crippen LogP contribution in [0.15, 0.2) is 18.2 Å². The first kappa shape index (κ1) is 13.1. The lowest BCUT2D eigenvalue weighted by Crippen LogP contribution is -2.42. The fourth-order valence-electron chi connectivity index (χ4n) is 4.14. The summed E-state index contributed by atoms with van der Waals surface area (Å²) in [7, 11) is 2.29. The van der Waals surface area contributed by atoms with Crippen LogP contribution in [0.1, 0.15) is 48.4 Å². The SMILES string of the molecule is Cc1cccc(C(N)C2CC3CCC(C2)N3C)c1C. The van der Waals surface area contributed by atoms with Crippen LogP contribution in [0.4, 0.5) is 0 Å². The molecule has 3 rings (SSSR count). The maximum atomic E-state index is 6.62. The van der Waals surface area contributed by atoms with Crippen LogP contribution in [0.5, 0.6) is 0 Å². The van der Waals surface area contributed by atoms with E-state index in [4.69, 9.17) is 5.73 Å². The number of rotatable bonds is 2. The molecule has 3 atom stereocenters. The summed E-state index contributed by atoms with van der Waals surface area (Å²) in [6, 6.07) is 8.34. The summed E-state index contributed by atoms with van der Waals surface area (Å²) >= 11 is 0. The molecule has 2 N–H and O–H groups in total. The van der Waals surface area contributed by atoms with Crippen LogP contribution in [-0.2, 0) is 0 Å². The van der Waals surface area contributed by atoms with Crippen molar-refractivity contribution >= 4 is 0 Å². The van der Waals surface area contributed by atoms with Crippen molar-refractivity contribution in [3.8, 4) is 0 Å². The highest BCUT2D eigenvalue weighted by molar-refractivity contribution is 5.35. The molecule has 0 spiro atoms. The molecule has 2 fully saturated rings. The minimum Gasteiger partial charge on any atom is -0.324 e. The summed E-state index contributed by atoms with van der Waals surface area (Å²) in [6.45, 7) is 4.40. The van der Waals surface area contributed by atoms with Gasteiger partial charge in [-0.2, -0.15) is 0 Å². The fourth-order valence-corrected chi connectivity index (χ4v) is 4.14. The molecule has 0 aliphatic carbocycles. The van der Waals surface area contributed by atoms with Crippen molar-refractivity contribution < 1.29 is 0 Å². The number of hydrogen-bond donors (Lipinski definition) is 1. The van der Waals surface area contributed by atoms with Crippen LogP contribution in [-0.4, -0.2) is 24.0 Å². The molecule has 2 heterocycles. The number of nitrogens with two attached hydrogens (primary N) is 1. The fraction of sp³-hybridized carbons (Fsp3) is 0.647. The number of piperidine rings is 1. The monoisotopic (exact) mass is 258 g/mol. The van der Waals surface area contributed by atoms with Gasteiger partial charge in [-0.05, 0) is 69.2 Å². The van der Waals surface area contributed by atoms with E-state index in [2.05, 4.69) is 44.0 Å². The Morgan fingerprint density at radius 1 is 1.16 bits per heavy atom. The molecule has 1 aromatic rings. The average molecular weight is 258 g/mol. The molecule has 2 heteroatoms. The molecule has 0 aromatic heterocycles. The van der Waals surface area contributed by atoms with Gasteiger partial charge < -0.3 is 10.6 Å². The molecule has 0 saturated carbocycles. The predicted octanol–water partition coefficient (Wildman–Crippen LogP) is 3.18. The Labute approximate surface area is 117 Å². The van der Waals surface area contributed by atoms with Gasteiger partial charge in [-0.1, -0.05) is 18.2 Å². The topological polar surface area (TPSA) is 29.3 Å². The van der Waals surface area contributed by atoms with Crippen molar-refractivity contribution in [2.24, 2.45) is 11.7 Å². The van der Waals surface area contributed by atoms with E-state index in [0.717, 1.165) is 12.1 Å². The predicted molar refractivity (Wildman–Crippen MR) is 80.1 cm³/mol. The number of nitrogens with zero attached hydrogens (tertiary/aromatic N) is 1. The van der Waals surface area contributed by atoms with Gasteiger partial charge in [0.15, 0.2) is 0 Å². The number of hydrogen-bond acceptors (Lipinski definition) is 2. The van der Waals surface area contributed by atoms with E-state index in [1.165, 1.54) is 42.4 Å². The van der Waals surface area contributed by atoms with Gasteiger partial charge in [-0.15, -0.1) is 0 Å². The molecule has 104 valence electrons. The van der Waals surface area contributed by atoms with Crippen LogP contribution in [0.25, 0.3) is 0 Å². The van der Waals surface area contributed by atoms with Crippen molar-refractivity contribution in [1.29, 1.82) is 0 Å². The minimum atomic E-state index is 0.219. The molecule has 2 bridgehead atoms. The van der Waals surface area contributed by atoms with Crippen LogP contribution >= 0.6 is 0 Å². The zero-order chi connectivity index (χ0) is 13.6. The second kappa shape index (κ2) is 4.92. The van der Waals surface area contributed by atoms with Crippen molar-refractivity contribution in [1.82, 2.24) is 4.90 Å². The Bertz CT molecular complexity index is 454. The quantitative estimate of drug-likeness (QED) is 0.883. The van der Waals surface area contributed by atoms with Crippen molar-refractivity contribution in [2.45, 2.75) is 57.7 Å². The molecule has 0 radical (unpaired) electrons. The normalized spacial score (nSPS) is 32.5. The lowest BCUT2D eigenvalue weighted by atomic mass is 9.81. The van der Waals surface area contributed by atoms with Crippen LogP contribution < -0.4 is 5.73 Å². The van der Waals surface area contributed by atoms with E-state index in [9.17, 15) is 0 Å². The maximum Gasteiger partial charge on any atom is 0.0327 e. The van der Waals surface area contributed by atoms with Gasteiger partial charge in [-0.3, -0.25) is 0 Å². The molecule has 2 aliphatic heterocycles. The molecule has 1 aromatic carbocycles. The van der Waals surface area contributed by atoms with Gasteiger partial charge in [0.1, 0.15) is 0 Å². The van der Waals surface area contributed by atoms with Gasteiger partial charge in [0.2, 0.25) is 0 Å². The first-order valence-electron chi connectivity index (χ1n) is 7.61. The lowest BCUT2D eigenvalue weighted by Gasteiger charge is -2.39. The zero-order valence-electron chi connectivity index (χ0n) is 12.4. The van der Waals surface area contributed by atoms with E-state index in [0.29, 0.717) is 5.92 Å². The van der Waals surface area contributed by atoms with E-state index in [-0.39, 0.29) is 6.04 Å². The maximum absolute atomic E-state index is 6.62. The molecule has 3 unspecified atom stereocenters. The largest absolute Gasteiger partial charge is 0.324 e. The molecule has 2 saturated heterocycles. The summed E-state index contributed by atoms with van der Waals surface area (Å²) in [6.07, 6.45) is 5.30. The molecular weight excluding hydrogens is 232 g/mol. The molecule has 19 heavy (non-hydrogen) atoms. The molecular formula is C17H26N2. The molecule has 2 nitrogen and oxygen atoms in total. The standard InChI is InChI=1S/C17H26N2/c1-11-5-4-6-16(12(11)2)17(18)13-9-14-7-8-15(10-13)19(14)3/h4-6,13-15,17H,7-10,18H2,1-3H3. The van der Waals surface area contributed by atoms with Gasteiger partial charge >= 0.3 is 0 Å². The zero-order valence-corrected chi connectivity index (χ0v) is 12.4. The smallest absolute Gasteiger partial charge is 0.0327 e. The van der Waals surface area contributed by atoms with Gasteiger partial charge in [0.25, 0.3) is 0 Å². The Kier molecular flexibility index (Phi) is 3.40. The highest BCUT2D eigenvalue weighted by Gasteiger charge is 2.40. The van der Waals surface area contributed by atoms with E-state index in [1.807, 2.05) is 0 Å². The third-order valence-electron chi connectivity index (χ3n) is 5.65. The summed E-state index contributed by atoms with van der Waals surface area (Å²) < 4.78 is 0. The van der Waals surface area contributed by atoms with Gasteiger partial charge in [-0.25, -0.2) is 0 Å². The van der Waals surface area contributed by atoms with Crippen molar-refractivity contribution in [3.63, 3.8) is 0 Å². The molecule has 0 amide bonds. The van der Waals surface area contributed by atoms with Crippen molar-refractivity contribution in [2.75, 3.05) is 7.05 Å². The molecule has 2 aliphatic rings. The lowest BCUT2D eigenvalue weighted by molar-refractivity contribution is 0.120. The number of benzene rings is 1. The van der Waals surface area contributed by atoms with Crippen LogP contribution in [0.2, 0.25) is 0 Å². The second-order valence-electron chi connectivity index (χ2n) is 6.60. The number of fused-ring (bicyclic) bond motifs is 2. The van der Waals surface area contributed by atoms with E-state index < -0.39 is 0 Å². The first-order chi connectivity index (χ1) is 9.08. The van der Waals surface area contributed by atoms with E-state index in [1.54, 1.807) is 0 Å². The van der Waals surface area contributed by atoms with Crippen LogP contribution in [0, 0.1) is 19.8 Å². The first-order valence-corrected chi connectivity index (χ1v) is 7.61. The Morgan fingerprint density at radius 3 is 2.42 bits per heavy atom. The average Bonchev–Trinajstić information content (AvgIpc) is 2.64. The van der Waals surface area contributed by atoms with Gasteiger partial charge in [0.05, 0.1) is 0 Å². The minimum absolute atomic E-state index is 0.219. The summed E-state index contributed by atoms with van der Waals surface area (Å²) in [5, 5.41) is 0. The summed E-state index contributed by atoms with van der Waals surface area (Å²) in [5.41, 5.74) is 10.7. The Hall–Kier alpha value is -0.860.